The maximum Gasteiger partial charge on any atom is 0.287 e. The van der Waals surface area contributed by atoms with Gasteiger partial charge in [-0.05, 0) is 54.7 Å². The van der Waals surface area contributed by atoms with E-state index in [4.69, 9.17) is 16.0 Å². The molecular weight excluding hydrogens is 604 g/mol. The number of carbonyl (C=O) groups excluding carboxylic acids is 3. The van der Waals surface area contributed by atoms with Crippen LogP contribution in [0.1, 0.15) is 47.4 Å². The number of unbranched alkanes of at least 4 members (excludes halogenated alkanes) is 1. The highest BCUT2D eigenvalue weighted by Crippen LogP contribution is 2.39. The second-order valence-corrected chi connectivity index (χ2v) is 12.4. The van der Waals surface area contributed by atoms with Crippen LogP contribution in [-0.4, -0.2) is 59.5 Å². The Bertz CT molecular complexity index is 1860. The van der Waals surface area contributed by atoms with Crippen molar-refractivity contribution in [3.63, 3.8) is 0 Å². The van der Waals surface area contributed by atoms with Crippen molar-refractivity contribution in [2.75, 3.05) is 20.1 Å². The highest BCUT2D eigenvalue weighted by atomic mass is 35.5. The van der Waals surface area contributed by atoms with Crippen LogP contribution >= 0.6 is 11.6 Å². The Morgan fingerprint density at radius 3 is 2.50 bits per heavy atom. The molecule has 1 saturated heterocycles. The zero-order valence-electron chi connectivity index (χ0n) is 25.6. The Balaban J connectivity index is 1.23. The van der Waals surface area contributed by atoms with Crippen molar-refractivity contribution in [1.82, 2.24) is 15.2 Å². The highest BCUT2D eigenvalue weighted by Gasteiger charge is 2.53. The van der Waals surface area contributed by atoms with Gasteiger partial charge >= 0.3 is 0 Å². The molecule has 1 unspecified atom stereocenters. The number of hydrogen-bond donors (Lipinski definition) is 1. The Morgan fingerprint density at radius 1 is 0.978 bits per heavy atom. The van der Waals surface area contributed by atoms with Crippen LogP contribution in [0.4, 0.5) is 0 Å². The van der Waals surface area contributed by atoms with Crippen molar-refractivity contribution >= 4 is 46.0 Å². The van der Waals surface area contributed by atoms with E-state index in [1.807, 2.05) is 18.2 Å². The number of benzene rings is 3. The van der Waals surface area contributed by atoms with Gasteiger partial charge in [-0.25, -0.2) is 5.01 Å². The largest absolute Gasteiger partial charge is 0.451 e. The second kappa shape index (κ2) is 13.3. The lowest BCUT2D eigenvalue weighted by atomic mass is 9.73. The van der Waals surface area contributed by atoms with Crippen molar-refractivity contribution in [3.05, 3.63) is 117 Å². The fourth-order valence-electron chi connectivity index (χ4n) is 6.49. The Morgan fingerprint density at radius 2 is 1.72 bits per heavy atom. The molecule has 1 N–H and O–H groups in total. The van der Waals surface area contributed by atoms with Crippen molar-refractivity contribution < 1.29 is 18.8 Å². The molecule has 10 heteroatoms. The predicted molar refractivity (Wildman–Crippen MR) is 177 cm³/mol. The third kappa shape index (κ3) is 6.46. The minimum absolute atomic E-state index is 0.115. The van der Waals surface area contributed by atoms with E-state index in [-0.39, 0.29) is 41.6 Å². The number of nitrogens with one attached hydrogen (secondary N) is 1. The first-order chi connectivity index (χ1) is 22.2. The summed E-state index contributed by atoms with van der Waals surface area (Å²) in [6, 6.07) is 24.1. The molecule has 0 saturated carbocycles. The number of nitrogens with zero attached hydrogens (tertiary/aromatic N) is 3. The number of carbonyl (C=O) groups is 3. The first kappa shape index (κ1) is 31.2. The molecule has 9 nitrogen and oxygen atoms in total. The average Bonchev–Trinajstić information content (AvgIpc) is 3.32. The van der Waals surface area contributed by atoms with Crippen molar-refractivity contribution in [3.8, 4) is 0 Å². The molecule has 46 heavy (non-hydrogen) atoms. The third-order valence-corrected chi connectivity index (χ3v) is 9.15. The molecule has 0 radical (unpaired) electrons. The van der Waals surface area contributed by atoms with E-state index in [2.05, 4.69) is 22.6 Å². The summed E-state index contributed by atoms with van der Waals surface area (Å²) in [6.45, 7) is 0.541. The molecule has 2 aliphatic heterocycles. The van der Waals surface area contributed by atoms with Crippen LogP contribution in [0.25, 0.3) is 11.0 Å². The van der Waals surface area contributed by atoms with E-state index in [0.717, 1.165) is 36.6 Å². The summed E-state index contributed by atoms with van der Waals surface area (Å²) >= 11 is 6.10. The summed E-state index contributed by atoms with van der Waals surface area (Å²) in [5, 5.41) is 9.71. The fraction of sp³-hybridized carbons (Fsp3) is 0.306. The molecule has 3 heterocycles. The number of hydrogen-bond acceptors (Lipinski definition) is 6. The summed E-state index contributed by atoms with van der Waals surface area (Å²) in [6.07, 6.45) is 3.80. The van der Waals surface area contributed by atoms with Gasteiger partial charge in [-0.3, -0.25) is 19.2 Å². The molecular formula is C36H35ClN4O5. The summed E-state index contributed by atoms with van der Waals surface area (Å²) in [5.74, 6) is -1.30. The Hall–Kier alpha value is -4.76. The van der Waals surface area contributed by atoms with Gasteiger partial charge in [0.05, 0.1) is 11.1 Å². The molecule has 1 aromatic heterocycles. The number of amides is 3. The first-order valence-corrected chi connectivity index (χ1v) is 15.9. The Kier molecular flexibility index (Phi) is 9.03. The number of piperidine rings is 1. The van der Waals surface area contributed by atoms with Gasteiger partial charge in [0, 0.05) is 44.1 Å². The van der Waals surface area contributed by atoms with Crippen molar-refractivity contribution in [2.45, 2.75) is 44.6 Å². The van der Waals surface area contributed by atoms with Crippen LogP contribution in [0.15, 0.2) is 99.2 Å². The number of fused-ring (bicyclic) bond motifs is 2. The van der Waals surface area contributed by atoms with E-state index in [0.29, 0.717) is 29.8 Å². The van der Waals surface area contributed by atoms with E-state index < -0.39 is 17.4 Å². The zero-order valence-corrected chi connectivity index (χ0v) is 26.3. The second-order valence-electron chi connectivity index (χ2n) is 12.0. The normalized spacial score (nSPS) is 18.3. The van der Waals surface area contributed by atoms with Gasteiger partial charge in [0.1, 0.15) is 17.0 Å². The summed E-state index contributed by atoms with van der Waals surface area (Å²) in [5.41, 5.74) is 1.86. The summed E-state index contributed by atoms with van der Waals surface area (Å²) < 4.78 is 5.76. The number of likely N-dealkylation sites (tertiary alicyclic amines) is 1. The van der Waals surface area contributed by atoms with E-state index >= 15 is 0 Å². The van der Waals surface area contributed by atoms with Crippen molar-refractivity contribution in [2.24, 2.45) is 10.5 Å². The first-order valence-electron chi connectivity index (χ1n) is 15.5. The molecule has 4 aromatic rings. The van der Waals surface area contributed by atoms with Crippen LogP contribution < -0.4 is 10.7 Å². The van der Waals surface area contributed by atoms with Crippen LogP contribution in [-0.2, 0) is 22.4 Å². The van der Waals surface area contributed by atoms with Gasteiger partial charge in [-0.1, -0.05) is 72.6 Å². The standard InChI is InChI=1S/C36H35ClN4O5/c1-40-35(45)36(19-8-7-11-24-9-3-2-4-10-24)23-41(20-18-32(36)39-40)34(44)28(21-25-14-16-26(37)17-15-25)38-33(43)31-22-29(42)27-12-5-6-13-30(27)46-31/h2-6,9-10,12-17,22,28H,7-8,11,18-21,23H2,1H3,(H,38,43)/t28-,36?/m1/s1. The quantitative estimate of drug-likeness (QED) is 0.239. The minimum Gasteiger partial charge on any atom is -0.451 e. The topological polar surface area (TPSA) is 112 Å². The van der Waals surface area contributed by atoms with Crippen molar-refractivity contribution in [1.29, 1.82) is 0 Å². The smallest absolute Gasteiger partial charge is 0.287 e. The minimum atomic E-state index is -0.992. The zero-order chi connectivity index (χ0) is 32.3. The van der Waals surface area contributed by atoms with Gasteiger partial charge in [0.2, 0.25) is 5.91 Å². The van der Waals surface area contributed by atoms with E-state index in [9.17, 15) is 19.2 Å². The lowest BCUT2D eigenvalue weighted by Gasteiger charge is -2.40. The highest BCUT2D eigenvalue weighted by molar-refractivity contribution is 6.30. The average molecular weight is 639 g/mol. The molecule has 0 bridgehead atoms. The molecule has 2 atom stereocenters. The van der Waals surface area contributed by atoms with Gasteiger partial charge < -0.3 is 14.6 Å². The molecule has 3 aromatic carbocycles. The number of aryl methyl sites for hydroxylation is 1. The molecule has 1 fully saturated rings. The lowest BCUT2D eigenvalue weighted by molar-refractivity contribution is -0.141. The monoisotopic (exact) mass is 638 g/mol. The maximum absolute atomic E-state index is 14.3. The fourth-order valence-corrected chi connectivity index (χ4v) is 6.62. The Labute approximate surface area is 271 Å². The SMILES string of the molecule is CN1N=C2CCN(C(=O)[C@@H](Cc3ccc(Cl)cc3)NC(=O)c3cc(=O)c4ccccc4o3)CC2(CCCCc2ccccc2)C1=O. The molecule has 236 valence electrons. The number of para-hydroxylation sites is 1. The summed E-state index contributed by atoms with van der Waals surface area (Å²) in [7, 11) is 1.66. The van der Waals surface area contributed by atoms with E-state index in [1.165, 1.54) is 10.6 Å². The molecule has 0 aliphatic carbocycles. The van der Waals surface area contributed by atoms with Crippen LogP contribution in [0.2, 0.25) is 5.02 Å². The summed E-state index contributed by atoms with van der Waals surface area (Å²) in [4.78, 5) is 55.8. The predicted octanol–water partition coefficient (Wildman–Crippen LogP) is 5.25. The third-order valence-electron chi connectivity index (χ3n) is 8.89. The van der Waals surface area contributed by atoms with Gasteiger partial charge in [-0.15, -0.1) is 0 Å². The number of hydrazone groups is 1. The number of rotatable bonds is 10. The van der Waals surface area contributed by atoms with Crippen LogP contribution in [0.3, 0.4) is 0 Å². The molecule has 3 amide bonds. The molecule has 2 aliphatic rings. The van der Waals surface area contributed by atoms with Gasteiger partial charge in [-0.2, -0.15) is 5.10 Å². The lowest BCUT2D eigenvalue weighted by Crippen LogP contribution is -2.58. The van der Waals surface area contributed by atoms with Crippen LogP contribution in [0, 0.1) is 5.41 Å². The van der Waals surface area contributed by atoms with Crippen LogP contribution in [0.5, 0.6) is 0 Å². The number of halogens is 1. The van der Waals surface area contributed by atoms with Gasteiger partial charge in [0.25, 0.3) is 11.8 Å². The van der Waals surface area contributed by atoms with E-state index in [1.54, 1.807) is 60.5 Å². The molecule has 0 spiro atoms. The maximum atomic E-state index is 14.3. The van der Waals surface area contributed by atoms with Gasteiger partial charge in [0.15, 0.2) is 11.2 Å². The molecule has 6 rings (SSSR count).